The van der Waals surface area contributed by atoms with E-state index in [1.54, 1.807) is 18.2 Å². The van der Waals surface area contributed by atoms with Gasteiger partial charge in [-0.05, 0) is 37.5 Å². The molecule has 0 radical (unpaired) electrons. The Morgan fingerprint density at radius 3 is 2.54 bits per heavy atom. The van der Waals surface area contributed by atoms with Gasteiger partial charge in [0.2, 0.25) is 5.91 Å². The lowest BCUT2D eigenvalue weighted by molar-refractivity contribution is -0.134. The van der Waals surface area contributed by atoms with Crippen molar-refractivity contribution >= 4 is 35.1 Å². The van der Waals surface area contributed by atoms with Crippen LogP contribution in [0.4, 0.5) is 10.5 Å². The predicted octanol–water partition coefficient (Wildman–Crippen LogP) is 3.62. The number of nitrogens with zero attached hydrogens (tertiary/aromatic N) is 1. The summed E-state index contributed by atoms with van der Waals surface area (Å²) in [7, 11) is 0. The molecule has 4 amide bonds. The molecule has 1 aromatic carbocycles. The number of imide groups is 1. The molecule has 0 unspecified atom stereocenters. The Kier molecular flexibility index (Phi) is 5.51. The minimum Gasteiger partial charge on any atom is -0.324 e. The first-order valence-corrected chi connectivity index (χ1v) is 9.49. The highest BCUT2D eigenvalue weighted by atomic mass is 35.5. The summed E-state index contributed by atoms with van der Waals surface area (Å²) in [6, 6.07) is 4.71. The molecule has 1 aliphatic carbocycles. The number of anilines is 1. The highest BCUT2D eigenvalue weighted by Crippen LogP contribution is 2.32. The average Bonchev–Trinajstić information content (AvgIpc) is 2.80. The Balaban J connectivity index is 1.69. The van der Waals surface area contributed by atoms with Crippen molar-refractivity contribution in [2.24, 2.45) is 0 Å². The molecule has 2 N–H and O–H groups in total. The Morgan fingerprint density at radius 2 is 1.85 bits per heavy atom. The maximum Gasteiger partial charge on any atom is 0.325 e. The number of amides is 4. The van der Waals surface area contributed by atoms with Gasteiger partial charge in [0.25, 0.3) is 5.91 Å². The van der Waals surface area contributed by atoms with Crippen molar-refractivity contribution in [2.75, 3.05) is 11.9 Å². The maximum atomic E-state index is 12.9. The summed E-state index contributed by atoms with van der Waals surface area (Å²) in [5, 5.41) is 6.11. The van der Waals surface area contributed by atoms with Gasteiger partial charge in [0.1, 0.15) is 12.1 Å². The molecule has 1 aliphatic heterocycles. The summed E-state index contributed by atoms with van der Waals surface area (Å²) in [5.74, 6) is -0.691. The molecular weight excluding hydrogens is 354 g/mol. The van der Waals surface area contributed by atoms with Gasteiger partial charge >= 0.3 is 6.03 Å². The van der Waals surface area contributed by atoms with Crippen LogP contribution in [0.15, 0.2) is 18.2 Å². The molecule has 6 nitrogen and oxygen atoms in total. The number of urea groups is 1. The summed E-state index contributed by atoms with van der Waals surface area (Å²) in [5.41, 5.74) is 0.607. The van der Waals surface area contributed by atoms with Crippen molar-refractivity contribution in [2.45, 2.75) is 57.4 Å². The summed E-state index contributed by atoms with van der Waals surface area (Å²) in [4.78, 5) is 38.7. The van der Waals surface area contributed by atoms with E-state index in [-0.39, 0.29) is 12.5 Å². The zero-order valence-electron chi connectivity index (χ0n) is 14.9. The first-order valence-electron chi connectivity index (χ1n) is 9.11. The van der Waals surface area contributed by atoms with E-state index in [1.807, 2.05) is 6.92 Å². The smallest absolute Gasteiger partial charge is 0.324 e. The number of carbonyl (C=O) groups is 3. The van der Waals surface area contributed by atoms with Crippen LogP contribution < -0.4 is 10.6 Å². The van der Waals surface area contributed by atoms with E-state index in [2.05, 4.69) is 10.6 Å². The van der Waals surface area contributed by atoms with Gasteiger partial charge in [-0.15, -0.1) is 0 Å². The van der Waals surface area contributed by atoms with E-state index in [4.69, 9.17) is 11.6 Å². The number of benzene rings is 1. The second-order valence-electron chi connectivity index (χ2n) is 7.18. The molecule has 0 bridgehead atoms. The molecule has 1 spiro atoms. The number of carbonyl (C=O) groups excluding carboxylic acids is 3. The fourth-order valence-electron chi connectivity index (χ4n) is 3.73. The van der Waals surface area contributed by atoms with Crippen LogP contribution in [0.1, 0.15) is 50.5 Å². The van der Waals surface area contributed by atoms with Gasteiger partial charge < -0.3 is 10.6 Å². The highest BCUT2D eigenvalue weighted by molar-refractivity contribution is 6.31. The molecule has 1 aromatic rings. The van der Waals surface area contributed by atoms with Crippen LogP contribution in [0.2, 0.25) is 5.02 Å². The topological polar surface area (TPSA) is 78.5 Å². The average molecular weight is 378 g/mol. The molecule has 3 rings (SSSR count). The first-order chi connectivity index (χ1) is 12.4. The summed E-state index contributed by atoms with van der Waals surface area (Å²) >= 11 is 5.96. The van der Waals surface area contributed by atoms with Crippen molar-refractivity contribution in [3.63, 3.8) is 0 Å². The zero-order valence-corrected chi connectivity index (χ0v) is 15.7. The summed E-state index contributed by atoms with van der Waals surface area (Å²) < 4.78 is 0. The molecule has 140 valence electrons. The Labute approximate surface area is 158 Å². The normalized spacial score (nSPS) is 19.8. The van der Waals surface area contributed by atoms with Crippen LogP contribution in [0.25, 0.3) is 0 Å². The highest BCUT2D eigenvalue weighted by Gasteiger charge is 2.50. The zero-order chi connectivity index (χ0) is 18.7. The van der Waals surface area contributed by atoms with E-state index >= 15 is 0 Å². The minimum absolute atomic E-state index is 0.276. The number of rotatable bonds is 3. The third kappa shape index (κ3) is 3.85. The predicted molar refractivity (Wildman–Crippen MR) is 100 cm³/mol. The quantitative estimate of drug-likeness (QED) is 0.789. The number of aryl methyl sites for hydroxylation is 1. The van der Waals surface area contributed by atoms with Crippen LogP contribution in [-0.2, 0) is 9.59 Å². The molecule has 26 heavy (non-hydrogen) atoms. The van der Waals surface area contributed by atoms with E-state index < -0.39 is 17.5 Å². The molecule has 7 heteroatoms. The fraction of sp³-hybridized carbons (Fsp3) is 0.526. The SMILES string of the molecule is Cc1ccc(Cl)cc1NC(=O)CN1C(=O)NC2(CCCCCCC2)C1=O. The van der Waals surface area contributed by atoms with Crippen LogP contribution in [0.3, 0.4) is 0 Å². The third-order valence-corrected chi connectivity index (χ3v) is 5.46. The van der Waals surface area contributed by atoms with Crippen LogP contribution in [-0.4, -0.2) is 34.8 Å². The molecule has 1 heterocycles. The van der Waals surface area contributed by atoms with Crippen molar-refractivity contribution in [3.8, 4) is 0 Å². The van der Waals surface area contributed by atoms with Gasteiger partial charge in [0.05, 0.1) is 0 Å². The lowest BCUT2D eigenvalue weighted by atomic mass is 9.84. The lowest BCUT2D eigenvalue weighted by Gasteiger charge is -2.28. The maximum absolute atomic E-state index is 12.9. The monoisotopic (exact) mass is 377 g/mol. The lowest BCUT2D eigenvalue weighted by Crippen LogP contribution is -2.47. The first kappa shape index (κ1) is 18.7. The Bertz CT molecular complexity index is 727. The Hall–Kier alpha value is -2.08. The van der Waals surface area contributed by atoms with Crippen molar-refractivity contribution < 1.29 is 14.4 Å². The van der Waals surface area contributed by atoms with Crippen LogP contribution >= 0.6 is 11.6 Å². The van der Waals surface area contributed by atoms with Crippen molar-refractivity contribution in [1.82, 2.24) is 10.2 Å². The summed E-state index contributed by atoms with van der Waals surface area (Å²) in [6.07, 6.45) is 6.41. The molecule has 1 saturated heterocycles. The van der Waals surface area contributed by atoms with E-state index in [0.717, 1.165) is 36.1 Å². The van der Waals surface area contributed by atoms with Gasteiger partial charge in [-0.3, -0.25) is 14.5 Å². The van der Waals surface area contributed by atoms with E-state index in [9.17, 15) is 14.4 Å². The van der Waals surface area contributed by atoms with Gasteiger partial charge in [0.15, 0.2) is 0 Å². The molecular formula is C19H24ClN3O3. The second kappa shape index (κ2) is 7.66. The Morgan fingerprint density at radius 1 is 1.19 bits per heavy atom. The number of halogens is 1. The van der Waals surface area contributed by atoms with Gasteiger partial charge in [0, 0.05) is 10.7 Å². The summed E-state index contributed by atoms with van der Waals surface area (Å²) in [6.45, 7) is 1.56. The van der Waals surface area contributed by atoms with Gasteiger partial charge in [-0.25, -0.2) is 4.79 Å². The number of nitrogens with one attached hydrogen (secondary N) is 2. The van der Waals surface area contributed by atoms with Crippen molar-refractivity contribution in [3.05, 3.63) is 28.8 Å². The molecule has 1 saturated carbocycles. The van der Waals surface area contributed by atoms with E-state index in [1.165, 1.54) is 6.42 Å². The standard InChI is InChI=1S/C19H24ClN3O3/c1-13-7-8-14(20)11-15(13)21-16(24)12-23-17(25)19(22-18(23)26)9-5-3-2-4-6-10-19/h7-8,11H,2-6,9-10,12H2,1H3,(H,21,24)(H,22,26). The van der Waals surface area contributed by atoms with Crippen LogP contribution in [0, 0.1) is 6.92 Å². The molecule has 2 fully saturated rings. The van der Waals surface area contributed by atoms with Gasteiger partial charge in [-0.1, -0.05) is 49.8 Å². The van der Waals surface area contributed by atoms with E-state index in [0.29, 0.717) is 23.6 Å². The number of hydrogen-bond donors (Lipinski definition) is 2. The second-order valence-corrected chi connectivity index (χ2v) is 7.62. The fourth-order valence-corrected chi connectivity index (χ4v) is 3.90. The van der Waals surface area contributed by atoms with Gasteiger partial charge in [-0.2, -0.15) is 0 Å². The van der Waals surface area contributed by atoms with Crippen molar-refractivity contribution in [1.29, 1.82) is 0 Å². The largest absolute Gasteiger partial charge is 0.325 e. The third-order valence-electron chi connectivity index (χ3n) is 5.23. The van der Waals surface area contributed by atoms with Crippen LogP contribution in [0.5, 0.6) is 0 Å². The minimum atomic E-state index is -0.830. The molecule has 0 atom stereocenters. The number of hydrogen-bond acceptors (Lipinski definition) is 3. The molecule has 0 aromatic heterocycles. The molecule has 2 aliphatic rings.